The zero-order chi connectivity index (χ0) is 30.9. The summed E-state index contributed by atoms with van der Waals surface area (Å²) < 4.78 is 4.97. The average molecular weight is 559 g/mol. The monoisotopic (exact) mass is 558 g/mol. The molecule has 4 heteroatoms. The van der Waals surface area contributed by atoms with Crippen molar-refractivity contribution in [3.8, 4) is 5.75 Å². The summed E-state index contributed by atoms with van der Waals surface area (Å²) in [5.74, 6) is 1.52. The molecule has 1 atom stereocenters. The number of rotatable bonds is 12. The molecule has 0 fully saturated rings. The van der Waals surface area contributed by atoms with Crippen LogP contribution in [0.15, 0.2) is 79.5 Å². The summed E-state index contributed by atoms with van der Waals surface area (Å²) in [5.41, 5.74) is 11.8. The first-order valence-electron chi connectivity index (χ1n) is 14.9. The Morgan fingerprint density at radius 2 is 1.51 bits per heavy atom. The van der Waals surface area contributed by atoms with E-state index in [0.29, 0.717) is 12.3 Å². The maximum Gasteiger partial charge on any atom is 0.211 e. The van der Waals surface area contributed by atoms with Crippen LogP contribution in [0.4, 0.5) is 5.69 Å². The lowest BCUT2D eigenvalue weighted by molar-refractivity contribution is -0.105. The number of hydrogen-bond donors (Lipinski definition) is 2. The number of benzene rings is 3. The molecule has 0 saturated heterocycles. The summed E-state index contributed by atoms with van der Waals surface area (Å²) in [6, 6.07) is 22.7. The fraction of sp³-hybridized carbons (Fsp3) is 0.378. The number of methoxy groups -OCH3 is 1. The summed E-state index contributed by atoms with van der Waals surface area (Å²) in [7, 11) is 1.67. The smallest absolute Gasteiger partial charge is 0.211 e. The van der Waals surface area contributed by atoms with Gasteiger partial charge in [-0.05, 0) is 78.9 Å². The molecule has 0 heterocycles. The molecule has 41 heavy (non-hydrogen) atoms. The van der Waals surface area contributed by atoms with Crippen molar-refractivity contribution in [1.29, 1.82) is 0 Å². The van der Waals surface area contributed by atoms with Crippen molar-refractivity contribution in [3.63, 3.8) is 0 Å². The number of anilines is 1. The number of unbranched alkanes of at least 4 members (excludes halogenated alkanes) is 4. The van der Waals surface area contributed by atoms with Crippen LogP contribution >= 0.6 is 0 Å². The second-order valence-electron chi connectivity index (χ2n) is 9.69. The van der Waals surface area contributed by atoms with Gasteiger partial charge in [-0.25, -0.2) is 0 Å². The third kappa shape index (κ3) is 16.8. The van der Waals surface area contributed by atoms with Crippen LogP contribution < -0.4 is 15.8 Å². The van der Waals surface area contributed by atoms with Gasteiger partial charge < -0.3 is 15.8 Å². The summed E-state index contributed by atoms with van der Waals surface area (Å²) in [6.07, 6.45) is 14.2. The Morgan fingerprint density at radius 3 is 2.07 bits per heavy atom. The van der Waals surface area contributed by atoms with Gasteiger partial charge >= 0.3 is 0 Å². The van der Waals surface area contributed by atoms with E-state index in [-0.39, 0.29) is 0 Å². The van der Waals surface area contributed by atoms with Gasteiger partial charge in [0.1, 0.15) is 5.75 Å². The van der Waals surface area contributed by atoms with Crippen LogP contribution in [-0.4, -0.2) is 13.5 Å². The minimum absolute atomic E-state index is 0.605. The van der Waals surface area contributed by atoms with E-state index >= 15 is 0 Å². The van der Waals surface area contributed by atoms with Gasteiger partial charge in [0.15, 0.2) is 0 Å². The first kappa shape index (κ1) is 37.2. The Kier molecular flexibility index (Phi) is 21.8. The van der Waals surface area contributed by atoms with Crippen LogP contribution in [0.2, 0.25) is 0 Å². The van der Waals surface area contributed by atoms with Crippen LogP contribution in [0.5, 0.6) is 5.75 Å². The first-order valence-corrected chi connectivity index (χ1v) is 14.9. The van der Waals surface area contributed by atoms with Crippen molar-refractivity contribution in [2.45, 2.75) is 86.0 Å². The molecule has 0 saturated carbocycles. The molecule has 0 radical (unpaired) electrons. The van der Waals surface area contributed by atoms with Gasteiger partial charge in [0.2, 0.25) is 6.41 Å². The number of carbonyl (C=O) groups excluding carboxylic acids is 1. The summed E-state index contributed by atoms with van der Waals surface area (Å²) >= 11 is 0. The second-order valence-corrected chi connectivity index (χ2v) is 9.69. The van der Waals surface area contributed by atoms with E-state index in [4.69, 9.17) is 4.74 Å². The summed E-state index contributed by atoms with van der Waals surface area (Å²) in [6.45, 7) is 16.0. The SMILES string of the molecule is C=CN.CC.CCCCCCCC(C)c1ccc(C)c(/C=C/c2ccc(NC=O)cc2)c1.COc1ccc(C)cc1. The highest BCUT2D eigenvalue weighted by atomic mass is 16.5. The lowest BCUT2D eigenvalue weighted by Gasteiger charge is -2.14. The number of ether oxygens (including phenoxy) is 1. The topological polar surface area (TPSA) is 64.3 Å². The lowest BCUT2D eigenvalue weighted by Crippen LogP contribution is -1.95. The van der Waals surface area contributed by atoms with Crippen LogP contribution in [0.1, 0.15) is 100.0 Å². The second kappa shape index (κ2) is 24.0. The van der Waals surface area contributed by atoms with Crippen molar-refractivity contribution >= 4 is 24.2 Å². The number of aryl methyl sites for hydroxylation is 2. The normalized spacial score (nSPS) is 10.5. The summed E-state index contributed by atoms with van der Waals surface area (Å²) in [5, 5.41) is 2.66. The van der Waals surface area contributed by atoms with Crippen LogP contribution in [0.3, 0.4) is 0 Å². The van der Waals surface area contributed by atoms with E-state index in [1.807, 2.05) is 62.4 Å². The molecule has 3 N–H and O–H groups in total. The Hall–Kier alpha value is -3.79. The van der Waals surface area contributed by atoms with Gasteiger partial charge in [-0.15, -0.1) is 0 Å². The Labute approximate surface area is 250 Å². The maximum absolute atomic E-state index is 10.5. The minimum atomic E-state index is 0.605. The molecule has 1 amide bonds. The molecule has 0 aliphatic heterocycles. The van der Waals surface area contributed by atoms with Gasteiger partial charge in [-0.1, -0.05) is 127 Å². The number of hydrogen-bond acceptors (Lipinski definition) is 3. The fourth-order valence-electron chi connectivity index (χ4n) is 3.98. The van der Waals surface area contributed by atoms with E-state index in [1.54, 1.807) is 7.11 Å². The van der Waals surface area contributed by atoms with Gasteiger partial charge in [0.05, 0.1) is 7.11 Å². The van der Waals surface area contributed by atoms with Gasteiger partial charge in [0.25, 0.3) is 0 Å². The average Bonchev–Trinajstić information content (AvgIpc) is 2.99. The Morgan fingerprint density at radius 1 is 0.902 bits per heavy atom. The maximum atomic E-state index is 10.5. The van der Waals surface area contributed by atoms with E-state index in [2.05, 4.69) is 75.7 Å². The highest BCUT2D eigenvalue weighted by Gasteiger charge is 2.07. The van der Waals surface area contributed by atoms with Gasteiger partial charge in [0, 0.05) is 5.69 Å². The molecule has 0 aliphatic rings. The molecule has 0 aliphatic carbocycles. The molecule has 0 bridgehead atoms. The third-order valence-electron chi connectivity index (χ3n) is 6.46. The molecule has 4 nitrogen and oxygen atoms in total. The fourth-order valence-corrected chi connectivity index (χ4v) is 3.98. The molecule has 0 spiro atoms. The molecule has 1 unspecified atom stereocenters. The highest BCUT2D eigenvalue weighted by Crippen LogP contribution is 2.25. The molecule has 3 rings (SSSR count). The van der Waals surface area contributed by atoms with Crippen molar-refractivity contribution in [1.82, 2.24) is 0 Å². The molecular formula is C37H54N2O2. The number of nitrogens with one attached hydrogen (secondary N) is 1. The minimum Gasteiger partial charge on any atom is -0.497 e. The van der Waals surface area contributed by atoms with Crippen LogP contribution in [0, 0.1) is 13.8 Å². The predicted molar refractivity (Wildman–Crippen MR) is 181 cm³/mol. The first-order chi connectivity index (χ1) is 19.9. The van der Waals surface area contributed by atoms with Crippen molar-refractivity contribution < 1.29 is 9.53 Å². The molecule has 3 aromatic carbocycles. The predicted octanol–water partition coefficient (Wildman–Crippen LogP) is 10.3. The third-order valence-corrected chi connectivity index (χ3v) is 6.46. The van der Waals surface area contributed by atoms with Gasteiger partial charge in [-0.3, -0.25) is 4.79 Å². The van der Waals surface area contributed by atoms with Crippen LogP contribution in [0.25, 0.3) is 12.2 Å². The molecular weight excluding hydrogens is 504 g/mol. The highest BCUT2D eigenvalue weighted by molar-refractivity contribution is 5.75. The molecule has 0 aromatic heterocycles. The van der Waals surface area contributed by atoms with Crippen molar-refractivity contribution in [2.75, 3.05) is 12.4 Å². The zero-order valence-electron chi connectivity index (χ0n) is 26.6. The zero-order valence-corrected chi connectivity index (χ0v) is 26.6. The van der Waals surface area contributed by atoms with E-state index in [0.717, 1.165) is 17.0 Å². The van der Waals surface area contributed by atoms with E-state index in [9.17, 15) is 4.79 Å². The Balaban J connectivity index is 0.000000944. The molecule has 3 aromatic rings. The van der Waals surface area contributed by atoms with E-state index in [1.165, 1.54) is 67.0 Å². The summed E-state index contributed by atoms with van der Waals surface area (Å²) in [4.78, 5) is 10.5. The number of carbonyl (C=O) groups is 1. The number of amides is 1. The standard InChI is InChI=1S/C25H33NO.C8H10O.C2H5N.C2H6/c1-4-5-6-7-8-9-20(2)23-14-10-21(3)24(18-23)15-11-22-12-16-25(17-13-22)26-19-27;1-7-3-5-8(9-2)6-4-7;1-2-3;1-2/h10-20H,4-9H2,1-3H3,(H,26,27);3-6H,1-2H3;2H,1,3H2;1-2H3/b15-11+;;;. The lowest BCUT2D eigenvalue weighted by atomic mass is 9.92. The van der Waals surface area contributed by atoms with Crippen LogP contribution in [-0.2, 0) is 4.79 Å². The molecule has 224 valence electrons. The largest absolute Gasteiger partial charge is 0.497 e. The number of nitrogens with two attached hydrogens (primary N) is 1. The van der Waals surface area contributed by atoms with Gasteiger partial charge in [-0.2, -0.15) is 0 Å². The van der Waals surface area contributed by atoms with Crippen molar-refractivity contribution in [3.05, 3.63) is 107 Å². The van der Waals surface area contributed by atoms with E-state index < -0.39 is 0 Å². The Bertz CT molecular complexity index is 1100. The van der Waals surface area contributed by atoms with Crippen molar-refractivity contribution in [2.24, 2.45) is 5.73 Å². The quantitative estimate of drug-likeness (QED) is 0.132.